The highest BCUT2D eigenvalue weighted by Gasteiger charge is 2.20. The molecule has 0 aliphatic carbocycles. The van der Waals surface area contributed by atoms with E-state index >= 15 is 0 Å². The summed E-state index contributed by atoms with van der Waals surface area (Å²) in [5.74, 6) is 0.783. The minimum absolute atomic E-state index is 0.224. The normalized spacial score (nSPS) is 13.8. The Morgan fingerprint density at radius 3 is 2.55 bits per heavy atom. The number of benzene rings is 2. The molecule has 0 aliphatic rings. The molecule has 0 fully saturated rings. The van der Waals surface area contributed by atoms with Crippen molar-refractivity contribution in [3.05, 3.63) is 42.0 Å². The fourth-order valence-electron chi connectivity index (χ4n) is 2.56. The van der Waals surface area contributed by atoms with E-state index in [-0.39, 0.29) is 17.9 Å². The molecule has 1 amide bonds. The Morgan fingerprint density at radius 2 is 1.91 bits per heavy atom. The highest BCUT2D eigenvalue weighted by atomic mass is 16.5. The Balaban J connectivity index is 2.12. The molecule has 2 aromatic rings. The van der Waals surface area contributed by atoms with Crippen molar-refractivity contribution in [2.45, 2.75) is 32.9 Å². The molecule has 2 atom stereocenters. The predicted octanol–water partition coefficient (Wildman–Crippen LogP) is 2.84. The first-order chi connectivity index (χ1) is 10.5. The third-order valence-corrected chi connectivity index (χ3v) is 4.16. The van der Waals surface area contributed by atoms with Gasteiger partial charge in [0, 0.05) is 6.54 Å². The smallest absolute Gasteiger partial charge is 0.234 e. The molecule has 2 rings (SSSR count). The van der Waals surface area contributed by atoms with Gasteiger partial charge in [0.05, 0.1) is 13.2 Å². The molecule has 0 saturated carbocycles. The topological polar surface area (TPSA) is 64.3 Å². The summed E-state index contributed by atoms with van der Waals surface area (Å²) in [6, 6.07) is 12.0. The Hall–Kier alpha value is -2.07. The highest BCUT2D eigenvalue weighted by Crippen LogP contribution is 2.22. The molecule has 0 unspecified atom stereocenters. The highest BCUT2D eigenvalue weighted by molar-refractivity contribution is 5.84. The quantitative estimate of drug-likeness (QED) is 0.826. The fraction of sp³-hybridized carbons (Fsp3) is 0.389. The van der Waals surface area contributed by atoms with Crippen LogP contribution in [0.1, 0.15) is 25.8 Å². The van der Waals surface area contributed by atoms with Crippen molar-refractivity contribution in [3.8, 4) is 5.75 Å². The maximum atomic E-state index is 11.5. The summed E-state index contributed by atoms with van der Waals surface area (Å²) in [5, 5.41) is 5.56. The fourth-order valence-corrected chi connectivity index (χ4v) is 2.56. The van der Waals surface area contributed by atoms with Crippen LogP contribution in [-0.2, 0) is 11.3 Å². The van der Waals surface area contributed by atoms with E-state index in [1.165, 1.54) is 0 Å². The van der Waals surface area contributed by atoms with Crippen molar-refractivity contribution < 1.29 is 9.53 Å². The van der Waals surface area contributed by atoms with Gasteiger partial charge >= 0.3 is 0 Å². The molecule has 0 radical (unpaired) electrons. The average molecular weight is 300 g/mol. The summed E-state index contributed by atoms with van der Waals surface area (Å²) in [4.78, 5) is 11.5. The summed E-state index contributed by atoms with van der Waals surface area (Å²) in [5.41, 5.74) is 6.62. The van der Waals surface area contributed by atoms with Crippen LogP contribution >= 0.6 is 0 Å². The second-order valence-corrected chi connectivity index (χ2v) is 5.69. The third kappa shape index (κ3) is 3.77. The molecule has 22 heavy (non-hydrogen) atoms. The van der Waals surface area contributed by atoms with Gasteiger partial charge in [-0.05, 0) is 40.5 Å². The monoisotopic (exact) mass is 300 g/mol. The van der Waals surface area contributed by atoms with Gasteiger partial charge in [0.2, 0.25) is 5.91 Å². The summed E-state index contributed by atoms with van der Waals surface area (Å²) in [6.45, 7) is 4.72. The first-order valence-electron chi connectivity index (χ1n) is 7.64. The van der Waals surface area contributed by atoms with E-state index in [9.17, 15) is 4.79 Å². The zero-order valence-corrected chi connectivity index (χ0v) is 13.4. The maximum Gasteiger partial charge on any atom is 0.234 e. The molecular formula is C18H24N2O2. The Labute approximate surface area is 131 Å². The standard InChI is InChI=1S/C18H24N2O2/c1-4-12(2)17(18(19)21)20-11-13-5-6-15-10-16(22-3)8-7-14(15)9-13/h5-10,12,17,20H,4,11H2,1-3H3,(H2,19,21)/t12-,17-/m1/s1. The van der Waals surface area contributed by atoms with E-state index in [0.717, 1.165) is 28.5 Å². The van der Waals surface area contributed by atoms with Crippen LogP contribution in [-0.4, -0.2) is 19.1 Å². The Bertz CT molecular complexity index is 655. The van der Waals surface area contributed by atoms with E-state index in [1.54, 1.807) is 7.11 Å². The van der Waals surface area contributed by atoms with E-state index in [4.69, 9.17) is 10.5 Å². The number of carbonyl (C=O) groups excluding carboxylic acids is 1. The van der Waals surface area contributed by atoms with Crippen LogP contribution in [0, 0.1) is 5.92 Å². The van der Waals surface area contributed by atoms with Crippen LogP contribution in [0.25, 0.3) is 10.8 Å². The number of carbonyl (C=O) groups is 1. The minimum atomic E-state index is -0.295. The Morgan fingerprint density at radius 1 is 1.23 bits per heavy atom. The molecule has 0 heterocycles. The average Bonchev–Trinajstić information content (AvgIpc) is 2.53. The van der Waals surface area contributed by atoms with Crippen molar-refractivity contribution in [3.63, 3.8) is 0 Å². The SMILES string of the molecule is CC[C@@H](C)[C@@H](NCc1ccc2cc(OC)ccc2c1)C(N)=O. The first-order valence-corrected chi connectivity index (χ1v) is 7.64. The van der Waals surface area contributed by atoms with E-state index in [2.05, 4.69) is 30.4 Å². The lowest BCUT2D eigenvalue weighted by Gasteiger charge is -2.21. The molecule has 3 N–H and O–H groups in total. The van der Waals surface area contributed by atoms with Crippen molar-refractivity contribution in [2.75, 3.05) is 7.11 Å². The van der Waals surface area contributed by atoms with Crippen LogP contribution in [0.4, 0.5) is 0 Å². The lowest BCUT2D eigenvalue weighted by Crippen LogP contribution is -2.45. The second kappa shape index (κ2) is 7.27. The zero-order valence-electron chi connectivity index (χ0n) is 13.4. The molecule has 118 valence electrons. The number of ether oxygens (including phenoxy) is 1. The molecular weight excluding hydrogens is 276 g/mol. The minimum Gasteiger partial charge on any atom is -0.497 e. The first kappa shape index (κ1) is 16.3. The van der Waals surface area contributed by atoms with Gasteiger partial charge < -0.3 is 15.8 Å². The molecule has 2 aromatic carbocycles. The number of hydrogen-bond acceptors (Lipinski definition) is 3. The zero-order chi connectivity index (χ0) is 16.1. The largest absolute Gasteiger partial charge is 0.497 e. The van der Waals surface area contributed by atoms with Gasteiger partial charge in [-0.1, -0.05) is 38.5 Å². The van der Waals surface area contributed by atoms with Crippen LogP contribution in [0.5, 0.6) is 5.75 Å². The van der Waals surface area contributed by atoms with Crippen molar-refractivity contribution in [1.82, 2.24) is 5.32 Å². The summed E-state index contributed by atoms with van der Waals surface area (Å²) in [6.07, 6.45) is 0.915. The van der Waals surface area contributed by atoms with Gasteiger partial charge in [-0.2, -0.15) is 0 Å². The lowest BCUT2D eigenvalue weighted by atomic mass is 9.98. The van der Waals surface area contributed by atoms with Crippen molar-refractivity contribution in [2.24, 2.45) is 11.7 Å². The predicted molar refractivity (Wildman–Crippen MR) is 89.8 cm³/mol. The second-order valence-electron chi connectivity index (χ2n) is 5.69. The number of nitrogens with one attached hydrogen (secondary N) is 1. The third-order valence-electron chi connectivity index (χ3n) is 4.16. The molecule has 0 aromatic heterocycles. The lowest BCUT2D eigenvalue weighted by molar-refractivity contribution is -0.121. The number of hydrogen-bond donors (Lipinski definition) is 2. The molecule has 0 saturated heterocycles. The maximum absolute atomic E-state index is 11.5. The van der Waals surface area contributed by atoms with Gasteiger partial charge in [-0.15, -0.1) is 0 Å². The number of methoxy groups -OCH3 is 1. The van der Waals surface area contributed by atoms with Crippen LogP contribution in [0.15, 0.2) is 36.4 Å². The van der Waals surface area contributed by atoms with Gasteiger partial charge in [-0.3, -0.25) is 4.79 Å². The van der Waals surface area contributed by atoms with Gasteiger partial charge in [0.25, 0.3) is 0 Å². The molecule has 4 heteroatoms. The van der Waals surface area contributed by atoms with E-state index in [1.807, 2.05) is 25.1 Å². The number of nitrogens with two attached hydrogens (primary N) is 1. The van der Waals surface area contributed by atoms with Gasteiger partial charge in [0.15, 0.2) is 0 Å². The molecule has 0 aliphatic heterocycles. The number of fused-ring (bicyclic) bond motifs is 1. The van der Waals surface area contributed by atoms with Gasteiger partial charge in [-0.25, -0.2) is 0 Å². The number of amides is 1. The van der Waals surface area contributed by atoms with E-state index in [0.29, 0.717) is 6.54 Å². The van der Waals surface area contributed by atoms with Crippen LogP contribution in [0.3, 0.4) is 0 Å². The molecule has 0 bridgehead atoms. The van der Waals surface area contributed by atoms with Gasteiger partial charge in [0.1, 0.15) is 5.75 Å². The van der Waals surface area contributed by atoms with Crippen molar-refractivity contribution in [1.29, 1.82) is 0 Å². The number of primary amides is 1. The van der Waals surface area contributed by atoms with Crippen LogP contribution in [0.2, 0.25) is 0 Å². The summed E-state index contributed by atoms with van der Waals surface area (Å²) in [7, 11) is 1.67. The molecule has 0 spiro atoms. The van der Waals surface area contributed by atoms with Crippen molar-refractivity contribution >= 4 is 16.7 Å². The summed E-state index contributed by atoms with van der Waals surface area (Å²) < 4.78 is 5.23. The summed E-state index contributed by atoms with van der Waals surface area (Å²) >= 11 is 0. The van der Waals surface area contributed by atoms with Crippen LogP contribution < -0.4 is 15.8 Å². The Kier molecular flexibility index (Phi) is 5.39. The molecule has 4 nitrogen and oxygen atoms in total. The number of rotatable bonds is 7. The van der Waals surface area contributed by atoms with E-state index < -0.39 is 0 Å².